The van der Waals surface area contributed by atoms with Gasteiger partial charge < -0.3 is 19.9 Å². The van der Waals surface area contributed by atoms with Gasteiger partial charge in [-0.15, -0.1) is 0 Å². The van der Waals surface area contributed by atoms with Crippen LogP contribution in [0.3, 0.4) is 0 Å². The van der Waals surface area contributed by atoms with Crippen LogP contribution in [-0.2, 0) is 5.41 Å². The van der Waals surface area contributed by atoms with E-state index in [-0.39, 0.29) is 11.2 Å². The number of carbonyl (C=O) groups excluding carboxylic acids is 1. The summed E-state index contributed by atoms with van der Waals surface area (Å²) in [4.78, 5) is 19.3. The molecule has 30 heavy (non-hydrogen) atoms. The van der Waals surface area contributed by atoms with Crippen LogP contribution in [0.4, 0.5) is 5.69 Å². The van der Waals surface area contributed by atoms with Crippen molar-refractivity contribution in [3.05, 3.63) is 58.8 Å². The van der Waals surface area contributed by atoms with Crippen molar-refractivity contribution < 1.29 is 9.53 Å². The fourth-order valence-electron chi connectivity index (χ4n) is 4.49. The lowest BCUT2D eigenvalue weighted by molar-refractivity contribution is 0.103. The minimum atomic E-state index is -0.324. The summed E-state index contributed by atoms with van der Waals surface area (Å²) in [5.74, 6) is 0.899. The number of nitrogens with zero attached hydrogens (tertiary/aromatic N) is 1. The van der Waals surface area contributed by atoms with Crippen LogP contribution in [0.15, 0.2) is 36.4 Å². The van der Waals surface area contributed by atoms with E-state index in [4.69, 9.17) is 4.74 Å². The minimum absolute atomic E-state index is 0.0810. The van der Waals surface area contributed by atoms with Gasteiger partial charge in [0.2, 0.25) is 0 Å². The van der Waals surface area contributed by atoms with Crippen LogP contribution in [0.2, 0.25) is 0 Å². The maximum absolute atomic E-state index is 13.4. The lowest BCUT2D eigenvalue weighted by Gasteiger charge is -2.32. The summed E-state index contributed by atoms with van der Waals surface area (Å²) in [6, 6.07) is 12.0. The predicted octanol–water partition coefficient (Wildman–Crippen LogP) is 4.80. The zero-order chi connectivity index (χ0) is 21.5. The summed E-state index contributed by atoms with van der Waals surface area (Å²) in [6.45, 7) is 12.2. The Morgan fingerprint density at radius 2 is 1.87 bits per heavy atom. The second-order valence-corrected chi connectivity index (χ2v) is 8.42. The van der Waals surface area contributed by atoms with Crippen LogP contribution < -0.4 is 10.1 Å². The third kappa shape index (κ3) is 3.27. The van der Waals surface area contributed by atoms with Crippen molar-refractivity contribution in [1.82, 2.24) is 9.88 Å². The van der Waals surface area contributed by atoms with Crippen LogP contribution in [0.1, 0.15) is 54.9 Å². The van der Waals surface area contributed by atoms with Crippen LogP contribution in [0, 0.1) is 0 Å². The number of aromatic amines is 1. The number of likely N-dealkylation sites (N-methyl/N-ethyl adjacent to an activating group) is 1. The number of benzene rings is 2. The molecule has 0 fully saturated rings. The molecule has 0 atom stereocenters. The van der Waals surface area contributed by atoms with Gasteiger partial charge in [0, 0.05) is 46.9 Å². The van der Waals surface area contributed by atoms with Gasteiger partial charge in [-0.3, -0.25) is 4.79 Å². The predicted molar refractivity (Wildman–Crippen MR) is 123 cm³/mol. The van der Waals surface area contributed by atoms with Crippen molar-refractivity contribution in [2.45, 2.75) is 33.1 Å². The van der Waals surface area contributed by atoms with E-state index in [9.17, 15) is 4.79 Å². The molecule has 3 aromatic rings. The van der Waals surface area contributed by atoms with Gasteiger partial charge in [0.05, 0.1) is 5.56 Å². The highest BCUT2D eigenvalue weighted by Crippen LogP contribution is 2.44. The highest BCUT2D eigenvalue weighted by atomic mass is 16.5. The number of rotatable bonds is 7. The Bertz CT molecular complexity index is 1090. The van der Waals surface area contributed by atoms with Gasteiger partial charge in [0.15, 0.2) is 5.78 Å². The van der Waals surface area contributed by atoms with Gasteiger partial charge >= 0.3 is 0 Å². The largest absolute Gasteiger partial charge is 0.492 e. The van der Waals surface area contributed by atoms with E-state index in [1.54, 1.807) is 0 Å². The van der Waals surface area contributed by atoms with Gasteiger partial charge in [-0.25, -0.2) is 0 Å². The standard InChI is InChI=1S/C25H31N3O2/c1-6-28(7-2)12-13-30-17-9-11-18-20(15-17)25(3,4)24-22(23(18)29)19-10-8-16(26-5)14-21(19)27-24/h8-11,14-15,26-27H,6-7,12-13H2,1-5H3. The third-order valence-electron chi connectivity index (χ3n) is 6.42. The van der Waals surface area contributed by atoms with Crippen molar-refractivity contribution in [3.8, 4) is 5.75 Å². The molecular weight excluding hydrogens is 374 g/mol. The number of carbonyl (C=O) groups is 1. The summed E-state index contributed by atoms with van der Waals surface area (Å²) in [7, 11) is 1.90. The zero-order valence-electron chi connectivity index (χ0n) is 18.6. The molecule has 158 valence electrons. The van der Waals surface area contributed by atoms with Crippen molar-refractivity contribution >= 4 is 22.4 Å². The first-order valence-electron chi connectivity index (χ1n) is 10.8. The monoisotopic (exact) mass is 405 g/mol. The summed E-state index contributed by atoms with van der Waals surface area (Å²) >= 11 is 0. The van der Waals surface area contributed by atoms with Crippen LogP contribution in [-0.4, -0.2) is 49.0 Å². The fraction of sp³-hybridized carbons (Fsp3) is 0.400. The Balaban J connectivity index is 1.70. The number of hydrogen-bond acceptors (Lipinski definition) is 4. The van der Waals surface area contributed by atoms with Gasteiger partial charge in [-0.1, -0.05) is 33.8 Å². The Morgan fingerprint density at radius 1 is 1.10 bits per heavy atom. The van der Waals surface area contributed by atoms with E-state index in [0.717, 1.165) is 64.4 Å². The maximum atomic E-state index is 13.4. The molecule has 0 saturated heterocycles. The highest BCUT2D eigenvalue weighted by Gasteiger charge is 2.39. The van der Waals surface area contributed by atoms with E-state index >= 15 is 0 Å². The number of anilines is 1. The zero-order valence-corrected chi connectivity index (χ0v) is 18.6. The van der Waals surface area contributed by atoms with E-state index in [2.05, 4.69) is 49.0 Å². The second-order valence-electron chi connectivity index (χ2n) is 8.42. The first-order valence-corrected chi connectivity index (χ1v) is 10.8. The quantitative estimate of drug-likeness (QED) is 0.593. The third-order valence-corrected chi connectivity index (χ3v) is 6.42. The molecule has 4 rings (SSSR count). The number of aromatic nitrogens is 1. The number of ether oxygens (including phenoxy) is 1. The molecule has 0 radical (unpaired) electrons. The number of fused-ring (bicyclic) bond motifs is 4. The fourth-order valence-corrected chi connectivity index (χ4v) is 4.49. The molecule has 0 bridgehead atoms. The molecule has 0 saturated carbocycles. The summed E-state index contributed by atoms with van der Waals surface area (Å²) in [5, 5.41) is 4.15. The van der Waals surface area contributed by atoms with Crippen LogP contribution in [0.25, 0.3) is 10.9 Å². The SMILES string of the molecule is CCN(CC)CCOc1ccc2c(c1)C(C)(C)c1[nH]c3cc(NC)ccc3c1C2=O. The van der Waals surface area contributed by atoms with Gasteiger partial charge in [-0.05, 0) is 49.0 Å². The Hall–Kier alpha value is -2.79. The lowest BCUT2D eigenvalue weighted by atomic mass is 9.71. The number of H-pyrrole nitrogens is 1. The molecule has 1 aliphatic carbocycles. The van der Waals surface area contributed by atoms with Crippen LogP contribution >= 0.6 is 0 Å². The highest BCUT2D eigenvalue weighted by molar-refractivity contribution is 6.20. The normalized spacial score (nSPS) is 14.7. The average molecular weight is 406 g/mol. The van der Waals surface area contributed by atoms with E-state index in [1.807, 2.05) is 37.4 Å². The van der Waals surface area contributed by atoms with Crippen molar-refractivity contribution in [2.24, 2.45) is 0 Å². The second kappa shape index (κ2) is 7.80. The number of nitrogens with one attached hydrogen (secondary N) is 2. The maximum Gasteiger partial charge on any atom is 0.195 e. The molecule has 2 N–H and O–H groups in total. The lowest BCUT2D eigenvalue weighted by Crippen LogP contribution is -2.30. The molecule has 5 heteroatoms. The summed E-state index contributed by atoms with van der Waals surface area (Å²) in [5.41, 5.74) is 5.23. The first-order chi connectivity index (χ1) is 14.4. The smallest absolute Gasteiger partial charge is 0.195 e. The Morgan fingerprint density at radius 3 is 2.57 bits per heavy atom. The molecule has 2 aromatic carbocycles. The van der Waals surface area contributed by atoms with E-state index < -0.39 is 0 Å². The van der Waals surface area contributed by atoms with Crippen molar-refractivity contribution in [1.29, 1.82) is 0 Å². The van der Waals surface area contributed by atoms with Gasteiger partial charge in [0.1, 0.15) is 12.4 Å². The Kier molecular flexibility index (Phi) is 5.33. The number of hydrogen-bond donors (Lipinski definition) is 2. The Labute approximate surface area is 178 Å². The summed E-state index contributed by atoms with van der Waals surface area (Å²) < 4.78 is 6.04. The molecule has 0 aliphatic heterocycles. The van der Waals surface area contributed by atoms with Crippen LogP contribution in [0.5, 0.6) is 5.75 Å². The van der Waals surface area contributed by atoms with Gasteiger partial charge in [0.25, 0.3) is 0 Å². The van der Waals surface area contributed by atoms with E-state index in [1.165, 1.54) is 0 Å². The first kappa shape index (κ1) is 20.5. The number of ketones is 1. The van der Waals surface area contributed by atoms with Gasteiger partial charge in [-0.2, -0.15) is 0 Å². The molecule has 0 amide bonds. The summed E-state index contributed by atoms with van der Waals surface area (Å²) in [6.07, 6.45) is 0. The average Bonchev–Trinajstić information content (AvgIpc) is 3.15. The molecule has 1 heterocycles. The molecule has 0 spiro atoms. The molecule has 0 unspecified atom stereocenters. The molecule has 5 nitrogen and oxygen atoms in total. The van der Waals surface area contributed by atoms with Crippen molar-refractivity contribution in [2.75, 3.05) is 38.6 Å². The topological polar surface area (TPSA) is 57.4 Å². The minimum Gasteiger partial charge on any atom is -0.492 e. The molecular formula is C25H31N3O2. The van der Waals surface area contributed by atoms with E-state index in [0.29, 0.717) is 6.61 Å². The molecule has 1 aromatic heterocycles. The van der Waals surface area contributed by atoms with Crippen molar-refractivity contribution in [3.63, 3.8) is 0 Å². The molecule has 1 aliphatic rings.